The summed E-state index contributed by atoms with van der Waals surface area (Å²) in [5, 5.41) is 0. The van der Waals surface area contributed by atoms with Gasteiger partial charge in [0.15, 0.2) is 0 Å². The van der Waals surface area contributed by atoms with Gasteiger partial charge in [-0.15, -0.1) is 0 Å². The second-order valence-corrected chi connectivity index (χ2v) is 4.73. The van der Waals surface area contributed by atoms with Crippen molar-refractivity contribution in [2.24, 2.45) is 0 Å². The summed E-state index contributed by atoms with van der Waals surface area (Å²) in [4.78, 5) is 13.8. The fourth-order valence-corrected chi connectivity index (χ4v) is 2.48. The summed E-state index contributed by atoms with van der Waals surface area (Å²) in [7, 11) is 0. The lowest BCUT2D eigenvalue weighted by Gasteiger charge is -2.27. The monoisotopic (exact) mass is 259 g/mol. The Balaban J connectivity index is 2.37. The van der Waals surface area contributed by atoms with Crippen LogP contribution in [0.5, 0.6) is 0 Å². The lowest BCUT2D eigenvalue weighted by molar-refractivity contribution is 0.126. The molecule has 0 heterocycles. The van der Waals surface area contributed by atoms with Crippen LogP contribution in [0.2, 0.25) is 0 Å². The van der Waals surface area contributed by atoms with Gasteiger partial charge >= 0.3 is 6.09 Å². The molecule has 3 nitrogen and oxygen atoms in total. The number of nitrogens with zero attached hydrogens (tertiary/aromatic N) is 1. The number of aryl methyl sites for hydroxylation is 2. The van der Waals surface area contributed by atoms with Crippen molar-refractivity contribution >= 4 is 11.8 Å². The minimum atomic E-state index is -0.259. The molecule has 0 saturated heterocycles. The van der Waals surface area contributed by atoms with Crippen LogP contribution < -0.4 is 0 Å². The normalized spacial score (nSPS) is 13.5. The number of carbonyl (C=O) groups is 1. The first-order chi connectivity index (χ1) is 9.17. The van der Waals surface area contributed by atoms with Gasteiger partial charge in [-0.05, 0) is 45.2 Å². The third-order valence-electron chi connectivity index (χ3n) is 3.39. The summed E-state index contributed by atoms with van der Waals surface area (Å²) >= 11 is 0. The topological polar surface area (TPSA) is 29.5 Å². The average molecular weight is 259 g/mol. The number of hydrogen-bond donors (Lipinski definition) is 0. The largest absolute Gasteiger partial charge is 0.449 e. The van der Waals surface area contributed by atoms with Gasteiger partial charge in [0, 0.05) is 12.1 Å². The van der Waals surface area contributed by atoms with Crippen LogP contribution in [0.1, 0.15) is 37.0 Å². The van der Waals surface area contributed by atoms with Crippen LogP contribution in [0.4, 0.5) is 4.79 Å². The van der Waals surface area contributed by atoms with Crippen molar-refractivity contribution in [3.05, 3.63) is 41.0 Å². The second-order valence-electron chi connectivity index (χ2n) is 4.73. The van der Waals surface area contributed by atoms with Crippen LogP contribution in [-0.2, 0) is 11.2 Å². The van der Waals surface area contributed by atoms with Gasteiger partial charge in [0.2, 0.25) is 0 Å². The van der Waals surface area contributed by atoms with E-state index in [1.807, 2.05) is 13.8 Å². The molecule has 102 valence electrons. The lowest BCUT2D eigenvalue weighted by atomic mass is 9.92. The van der Waals surface area contributed by atoms with E-state index in [1.165, 1.54) is 16.7 Å². The molecule has 0 fully saturated rings. The van der Waals surface area contributed by atoms with Crippen molar-refractivity contribution in [1.29, 1.82) is 0 Å². The van der Waals surface area contributed by atoms with Crippen molar-refractivity contribution in [3.63, 3.8) is 0 Å². The number of rotatable bonds is 3. The summed E-state index contributed by atoms with van der Waals surface area (Å²) in [6, 6.07) is 6.45. The molecule has 0 unspecified atom stereocenters. The highest BCUT2D eigenvalue weighted by Crippen LogP contribution is 2.30. The highest BCUT2D eigenvalue weighted by molar-refractivity contribution is 5.83. The fourth-order valence-electron chi connectivity index (χ4n) is 2.48. The molecule has 0 N–H and O–H groups in total. The van der Waals surface area contributed by atoms with Crippen LogP contribution in [0, 0.1) is 6.92 Å². The molecule has 1 aromatic carbocycles. The number of ether oxygens (including phenoxy) is 1. The van der Waals surface area contributed by atoms with Crippen molar-refractivity contribution in [2.45, 2.75) is 33.6 Å². The van der Waals surface area contributed by atoms with Crippen molar-refractivity contribution in [3.8, 4) is 0 Å². The van der Waals surface area contributed by atoms with Crippen molar-refractivity contribution < 1.29 is 9.53 Å². The number of amides is 1. The molecular formula is C16H21NO2. The minimum absolute atomic E-state index is 0.259. The summed E-state index contributed by atoms with van der Waals surface area (Å²) < 4.78 is 5.14. The van der Waals surface area contributed by atoms with Crippen LogP contribution in [0.15, 0.2) is 24.3 Å². The Morgan fingerprint density at radius 1 is 1.37 bits per heavy atom. The van der Waals surface area contributed by atoms with Gasteiger partial charge in [-0.25, -0.2) is 4.79 Å². The van der Waals surface area contributed by atoms with Crippen molar-refractivity contribution in [2.75, 3.05) is 13.2 Å². The Morgan fingerprint density at radius 2 is 2.16 bits per heavy atom. The Hall–Kier alpha value is -1.77. The highest BCUT2D eigenvalue weighted by Gasteiger charge is 2.22. The predicted octanol–water partition coefficient (Wildman–Crippen LogP) is 3.76. The number of carbonyl (C=O) groups excluding carboxylic acids is 1. The summed E-state index contributed by atoms with van der Waals surface area (Å²) in [6.07, 6.45) is 3.90. The molecule has 0 atom stereocenters. The zero-order valence-electron chi connectivity index (χ0n) is 11.9. The maximum atomic E-state index is 12.0. The second kappa shape index (κ2) is 5.91. The Bertz CT molecular complexity index is 505. The van der Waals surface area contributed by atoms with Gasteiger partial charge in [0.05, 0.1) is 12.3 Å². The summed E-state index contributed by atoms with van der Waals surface area (Å²) in [5.74, 6) is 0. The number of allylic oxidation sites excluding steroid dienone is 1. The summed E-state index contributed by atoms with van der Waals surface area (Å²) in [5.41, 5.74) is 4.68. The molecule has 19 heavy (non-hydrogen) atoms. The van der Waals surface area contributed by atoms with E-state index in [1.54, 1.807) is 4.90 Å². The Kier molecular flexibility index (Phi) is 4.25. The fraction of sp³-hybridized carbons (Fsp3) is 0.438. The molecule has 1 aromatic rings. The lowest BCUT2D eigenvalue weighted by Crippen LogP contribution is -2.31. The molecule has 0 radical (unpaired) electrons. The van der Waals surface area contributed by atoms with Gasteiger partial charge in [-0.3, -0.25) is 4.90 Å². The molecule has 0 spiro atoms. The zero-order chi connectivity index (χ0) is 13.8. The van der Waals surface area contributed by atoms with Gasteiger partial charge in [0.1, 0.15) is 0 Å². The van der Waals surface area contributed by atoms with Gasteiger partial charge in [0.25, 0.3) is 0 Å². The van der Waals surface area contributed by atoms with E-state index in [2.05, 4.69) is 31.2 Å². The van der Waals surface area contributed by atoms with E-state index in [0.29, 0.717) is 13.2 Å². The maximum Gasteiger partial charge on any atom is 0.414 e. The summed E-state index contributed by atoms with van der Waals surface area (Å²) in [6.45, 7) is 6.91. The van der Waals surface area contributed by atoms with Crippen LogP contribution in [0.3, 0.4) is 0 Å². The van der Waals surface area contributed by atoms with Gasteiger partial charge < -0.3 is 4.74 Å². The number of hydrogen-bond acceptors (Lipinski definition) is 2. The van der Waals surface area contributed by atoms with Gasteiger partial charge in [-0.1, -0.05) is 23.8 Å². The van der Waals surface area contributed by atoms with E-state index >= 15 is 0 Å². The molecule has 1 aliphatic carbocycles. The molecule has 0 aromatic heterocycles. The number of fused-ring (bicyclic) bond motifs is 1. The van der Waals surface area contributed by atoms with E-state index < -0.39 is 0 Å². The minimum Gasteiger partial charge on any atom is -0.449 e. The Morgan fingerprint density at radius 3 is 2.84 bits per heavy atom. The smallest absolute Gasteiger partial charge is 0.414 e. The van der Waals surface area contributed by atoms with Crippen LogP contribution in [0.25, 0.3) is 5.70 Å². The number of benzene rings is 1. The van der Waals surface area contributed by atoms with E-state index in [4.69, 9.17) is 4.74 Å². The molecule has 3 heteroatoms. The first-order valence-corrected chi connectivity index (χ1v) is 6.91. The zero-order valence-corrected chi connectivity index (χ0v) is 11.9. The molecular weight excluding hydrogens is 238 g/mol. The first-order valence-electron chi connectivity index (χ1n) is 6.91. The SMILES string of the molecule is CCOC(=O)N(CC)C1=CCCc2ccc(C)cc21. The molecule has 1 aliphatic rings. The van der Waals surface area contributed by atoms with Gasteiger partial charge in [-0.2, -0.15) is 0 Å². The first kappa shape index (κ1) is 13.7. The standard InChI is InChI=1S/C16H21NO2/c1-4-17(16(18)19-5-2)15-8-6-7-13-10-9-12(3)11-14(13)15/h8-11H,4-7H2,1-3H3. The third-order valence-corrected chi connectivity index (χ3v) is 3.39. The molecule has 0 bridgehead atoms. The Labute approximate surface area is 114 Å². The van der Waals surface area contributed by atoms with E-state index in [0.717, 1.165) is 18.5 Å². The highest BCUT2D eigenvalue weighted by atomic mass is 16.6. The quantitative estimate of drug-likeness (QED) is 0.827. The van der Waals surface area contributed by atoms with Crippen LogP contribution in [-0.4, -0.2) is 24.1 Å². The van der Waals surface area contributed by atoms with Crippen LogP contribution >= 0.6 is 0 Å². The predicted molar refractivity (Wildman–Crippen MR) is 76.9 cm³/mol. The average Bonchev–Trinajstić information content (AvgIpc) is 2.40. The molecule has 2 rings (SSSR count). The van der Waals surface area contributed by atoms with E-state index in [9.17, 15) is 4.79 Å². The third kappa shape index (κ3) is 2.80. The van der Waals surface area contributed by atoms with E-state index in [-0.39, 0.29) is 6.09 Å². The molecule has 0 aliphatic heterocycles. The maximum absolute atomic E-state index is 12.0. The molecule has 1 amide bonds. The van der Waals surface area contributed by atoms with Crippen molar-refractivity contribution in [1.82, 2.24) is 4.90 Å². The molecule has 0 saturated carbocycles.